The first-order valence-corrected chi connectivity index (χ1v) is 6.09. The molecule has 0 aromatic carbocycles. The van der Waals surface area contributed by atoms with Crippen molar-refractivity contribution in [1.29, 1.82) is 0 Å². The van der Waals surface area contributed by atoms with Gasteiger partial charge in [-0.05, 0) is 52.6 Å². The first-order chi connectivity index (χ1) is 7.47. The Morgan fingerprint density at radius 1 is 1.50 bits per heavy atom. The SMILES string of the molecule is CC(C)(C)OCC(=O)NCCC1CCNC1. The Balaban J connectivity index is 2.01. The summed E-state index contributed by atoms with van der Waals surface area (Å²) in [6.07, 6.45) is 2.29. The molecule has 0 aliphatic carbocycles. The maximum Gasteiger partial charge on any atom is 0.246 e. The fraction of sp³-hybridized carbons (Fsp3) is 0.917. The molecule has 1 atom stereocenters. The number of rotatable bonds is 5. The lowest BCUT2D eigenvalue weighted by atomic mass is 10.1. The normalized spacial score (nSPS) is 21.1. The molecule has 0 aromatic rings. The van der Waals surface area contributed by atoms with Gasteiger partial charge in [-0.1, -0.05) is 0 Å². The van der Waals surface area contributed by atoms with Crippen LogP contribution in [0.1, 0.15) is 33.6 Å². The van der Waals surface area contributed by atoms with Gasteiger partial charge in [0, 0.05) is 6.54 Å². The minimum atomic E-state index is -0.243. The minimum absolute atomic E-state index is 0.0131. The van der Waals surface area contributed by atoms with E-state index in [0.717, 1.165) is 32.0 Å². The number of hydrogen-bond acceptors (Lipinski definition) is 3. The summed E-state index contributed by atoms with van der Waals surface area (Å²) in [6.45, 7) is 8.98. The molecule has 4 nitrogen and oxygen atoms in total. The van der Waals surface area contributed by atoms with Crippen molar-refractivity contribution in [2.45, 2.75) is 39.2 Å². The van der Waals surface area contributed by atoms with Gasteiger partial charge in [0.2, 0.25) is 5.91 Å². The van der Waals surface area contributed by atoms with E-state index in [2.05, 4.69) is 10.6 Å². The van der Waals surface area contributed by atoms with Crippen molar-refractivity contribution in [3.05, 3.63) is 0 Å². The molecule has 1 heterocycles. The van der Waals surface area contributed by atoms with Crippen molar-refractivity contribution >= 4 is 5.91 Å². The summed E-state index contributed by atoms with van der Waals surface area (Å²) in [5, 5.41) is 6.21. The van der Waals surface area contributed by atoms with Gasteiger partial charge in [0.25, 0.3) is 0 Å². The number of ether oxygens (including phenoxy) is 1. The maximum atomic E-state index is 11.4. The molecular formula is C12H24N2O2. The van der Waals surface area contributed by atoms with E-state index in [9.17, 15) is 4.79 Å². The molecule has 1 aliphatic heterocycles. The molecule has 0 bridgehead atoms. The van der Waals surface area contributed by atoms with Crippen LogP contribution >= 0.6 is 0 Å². The van der Waals surface area contributed by atoms with Gasteiger partial charge in [0.05, 0.1) is 5.60 Å². The van der Waals surface area contributed by atoms with Crippen molar-refractivity contribution in [2.75, 3.05) is 26.2 Å². The molecule has 1 aliphatic rings. The molecule has 0 aromatic heterocycles. The van der Waals surface area contributed by atoms with E-state index >= 15 is 0 Å². The van der Waals surface area contributed by atoms with Crippen LogP contribution in [-0.4, -0.2) is 37.7 Å². The molecule has 1 fully saturated rings. The quantitative estimate of drug-likeness (QED) is 0.735. The van der Waals surface area contributed by atoms with E-state index < -0.39 is 0 Å². The predicted octanol–water partition coefficient (Wildman–Crippen LogP) is 0.917. The van der Waals surface area contributed by atoms with Gasteiger partial charge in [-0.15, -0.1) is 0 Å². The molecular weight excluding hydrogens is 204 g/mol. The van der Waals surface area contributed by atoms with Crippen LogP contribution in [0.15, 0.2) is 0 Å². The van der Waals surface area contributed by atoms with Gasteiger partial charge in [-0.2, -0.15) is 0 Å². The zero-order chi connectivity index (χ0) is 12.0. The minimum Gasteiger partial charge on any atom is -0.366 e. The Kier molecular flexibility index (Phi) is 5.22. The zero-order valence-corrected chi connectivity index (χ0v) is 10.6. The lowest BCUT2D eigenvalue weighted by Crippen LogP contribution is -2.33. The lowest BCUT2D eigenvalue weighted by molar-refractivity contribution is -0.130. The second-order valence-corrected chi connectivity index (χ2v) is 5.40. The Bertz CT molecular complexity index is 218. The summed E-state index contributed by atoms with van der Waals surface area (Å²) in [4.78, 5) is 11.4. The van der Waals surface area contributed by atoms with Crippen molar-refractivity contribution in [3.63, 3.8) is 0 Å². The second-order valence-electron chi connectivity index (χ2n) is 5.40. The summed E-state index contributed by atoms with van der Waals surface area (Å²) in [6, 6.07) is 0. The van der Waals surface area contributed by atoms with Crippen molar-refractivity contribution in [1.82, 2.24) is 10.6 Å². The molecule has 1 amide bonds. The number of carbonyl (C=O) groups excluding carboxylic acids is 1. The summed E-state index contributed by atoms with van der Waals surface area (Å²) in [5.41, 5.74) is -0.243. The first kappa shape index (κ1) is 13.5. The summed E-state index contributed by atoms with van der Waals surface area (Å²) >= 11 is 0. The average Bonchev–Trinajstić information content (AvgIpc) is 2.66. The van der Waals surface area contributed by atoms with Crippen molar-refractivity contribution in [2.24, 2.45) is 5.92 Å². The monoisotopic (exact) mass is 228 g/mol. The molecule has 1 rings (SSSR count). The third-order valence-electron chi connectivity index (χ3n) is 2.67. The van der Waals surface area contributed by atoms with E-state index in [4.69, 9.17) is 4.74 Å². The second kappa shape index (κ2) is 6.21. The third-order valence-corrected chi connectivity index (χ3v) is 2.67. The number of amides is 1. The Hall–Kier alpha value is -0.610. The van der Waals surface area contributed by atoms with Gasteiger partial charge in [-0.3, -0.25) is 4.79 Å². The third kappa shape index (κ3) is 6.08. The van der Waals surface area contributed by atoms with Crippen LogP contribution in [0, 0.1) is 5.92 Å². The van der Waals surface area contributed by atoms with Gasteiger partial charge in [-0.25, -0.2) is 0 Å². The molecule has 94 valence electrons. The highest BCUT2D eigenvalue weighted by Crippen LogP contribution is 2.10. The van der Waals surface area contributed by atoms with Crippen LogP contribution in [-0.2, 0) is 9.53 Å². The molecule has 1 unspecified atom stereocenters. The smallest absolute Gasteiger partial charge is 0.246 e. The Morgan fingerprint density at radius 2 is 2.25 bits per heavy atom. The van der Waals surface area contributed by atoms with E-state index in [1.54, 1.807) is 0 Å². The summed E-state index contributed by atoms with van der Waals surface area (Å²) < 4.78 is 5.39. The van der Waals surface area contributed by atoms with Crippen molar-refractivity contribution < 1.29 is 9.53 Å². The highest BCUT2D eigenvalue weighted by molar-refractivity contribution is 5.77. The van der Waals surface area contributed by atoms with Gasteiger partial charge in [0.1, 0.15) is 6.61 Å². The zero-order valence-electron chi connectivity index (χ0n) is 10.6. The molecule has 0 spiro atoms. The Morgan fingerprint density at radius 3 is 2.81 bits per heavy atom. The van der Waals surface area contributed by atoms with Gasteiger partial charge < -0.3 is 15.4 Å². The molecule has 2 N–H and O–H groups in total. The van der Waals surface area contributed by atoms with E-state index in [0.29, 0.717) is 0 Å². The number of hydrogen-bond donors (Lipinski definition) is 2. The van der Waals surface area contributed by atoms with Crippen LogP contribution in [0.25, 0.3) is 0 Å². The summed E-state index contributed by atoms with van der Waals surface area (Å²) in [5.74, 6) is 0.713. The van der Waals surface area contributed by atoms with Crippen LogP contribution in [0.2, 0.25) is 0 Å². The van der Waals surface area contributed by atoms with E-state index in [1.807, 2.05) is 20.8 Å². The van der Waals surface area contributed by atoms with Gasteiger partial charge >= 0.3 is 0 Å². The Labute approximate surface area is 98.1 Å². The first-order valence-electron chi connectivity index (χ1n) is 6.09. The van der Waals surface area contributed by atoms with Crippen molar-refractivity contribution in [3.8, 4) is 0 Å². The molecule has 0 radical (unpaired) electrons. The molecule has 4 heteroatoms. The highest BCUT2D eigenvalue weighted by atomic mass is 16.5. The number of carbonyl (C=O) groups is 1. The van der Waals surface area contributed by atoms with Crippen LogP contribution in [0.5, 0.6) is 0 Å². The topological polar surface area (TPSA) is 50.4 Å². The highest BCUT2D eigenvalue weighted by Gasteiger charge is 2.15. The van der Waals surface area contributed by atoms with Crippen LogP contribution in [0.4, 0.5) is 0 Å². The van der Waals surface area contributed by atoms with Gasteiger partial charge in [0.15, 0.2) is 0 Å². The molecule has 1 saturated heterocycles. The molecule has 0 saturated carbocycles. The maximum absolute atomic E-state index is 11.4. The van der Waals surface area contributed by atoms with E-state index in [-0.39, 0.29) is 18.1 Å². The fourth-order valence-electron chi connectivity index (χ4n) is 1.71. The lowest BCUT2D eigenvalue weighted by Gasteiger charge is -2.19. The predicted molar refractivity (Wildman–Crippen MR) is 64.3 cm³/mol. The number of nitrogens with one attached hydrogen (secondary N) is 2. The molecule has 16 heavy (non-hydrogen) atoms. The average molecular weight is 228 g/mol. The van der Waals surface area contributed by atoms with Crippen LogP contribution in [0.3, 0.4) is 0 Å². The standard InChI is InChI=1S/C12H24N2O2/c1-12(2,3)16-9-11(15)14-7-5-10-4-6-13-8-10/h10,13H,4-9H2,1-3H3,(H,14,15). The van der Waals surface area contributed by atoms with Crippen LogP contribution < -0.4 is 10.6 Å². The summed E-state index contributed by atoms with van der Waals surface area (Å²) in [7, 11) is 0. The van der Waals surface area contributed by atoms with E-state index in [1.165, 1.54) is 6.42 Å². The largest absolute Gasteiger partial charge is 0.366 e. The fourth-order valence-corrected chi connectivity index (χ4v) is 1.71.